The summed E-state index contributed by atoms with van der Waals surface area (Å²) in [5.41, 5.74) is -2.36. The summed E-state index contributed by atoms with van der Waals surface area (Å²) in [5.74, 6) is -2.69. The van der Waals surface area contributed by atoms with Crippen molar-refractivity contribution in [2.45, 2.75) is 0 Å². The fourth-order valence-electron chi connectivity index (χ4n) is 1.55. The summed E-state index contributed by atoms with van der Waals surface area (Å²) in [7, 11) is 0. The number of rotatable bonds is 4. The molecule has 3 N–H and O–H groups in total. The lowest BCUT2D eigenvalue weighted by atomic mass is 10.3. The second-order valence-corrected chi connectivity index (χ2v) is 4.67. The molecule has 0 fully saturated rings. The van der Waals surface area contributed by atoms with E-state index in [1.54, 1.807) is 0 Å². The molecule has 0 radical (unpaired) electrons. The van der Waals surface area contributed by atoms with Crippen molar-refractivity contribution in [1.82, 2.24) is 9.97 Å². The van der Waals surface area contributed by atoms with Crippen molar-refractivity contribution in [2.75, 3.05) is 11.9 Å². The van der Waals surface area contributed by atoms with Gasteiger partial charge in [0.25, 0.3) is 11.5 Å². The van der Waals surface area contributed by atoms with Gasteiger partial charge >= 0.3 is 11.7 Å². The van der Waals surface area contributed by atoms with Gasteiger partial charge in [-0.25, -0.2) is 14.0 Å². The average Bonchev–Trinajstić information content (AvgIpc) is 2.48. The predicted molar refractivity (Wildman–Crippen MR) is 78.0 cm³/mol. The van der Waals surface area contributed by atoms with Crippen LogP contribution in [0.15, 0.2) is 34.0 Å². The Balaban J connectivity index is 1.97. The largest absolute Gasteiger partial charge is 0.452 e. The highest BCUT2D eigenvalue weighted by Gasteiger charge is 2.15. The molecule has 1 amide bonds. The third kappa shape index (κ3) is 4.27. The molecule has 1 heterocycles. The van der Waals surface area contributed by atoms with Crippen LogP contribution in [0.2, 0.25) is 5.02 Å². The minimum Gasteiger partial charge on any atom is -0.452 e. The molecular weight excluding hydrogens is 333 g/mol. The monoisotopic (exact) mass is 341 g/mol. The number of benzene rings is 1. The van der Waals surface area contributed by atoms with Crippen LogP contribution in [0, 0.1) is 5.82 Å². The van der Waals surface area contributed by atoms with Crippen molar-refractivity contribution in [2.24, 2.45) is 0 Å². The van der Waals surface area contributed by atoms with E-state index in [2.05, 4.69) is 15.0 Å². The highest BCUT2D eigenvalue weighted by atomic mass is 35.5. The standard InChI is InChI=1S/C13H9ClFN3O5/c14-6-1-2-9(8(15)3-6)17-10(19)5-23-12(21)7-4-16-13(22)18-11(7)20/h1-4H,5H2,(H,17,19)(H2,16,18,20,22). The first-order valence-electron chi connectivity index (χ1n) is 6.11. The maximum Gasteiger partial charge on any atom is 0.345 e. The number of ether oxygens (including phenoxy) is 1. The molecule has 0 bridgehead atoms. The lowest BCUT2D eigenvalue weighted by molar-refractivity contribution is -0.119. The molecule has 1 aromatic heterocycles. The van der Waals surface area contributed by atoms with E-state index >= 15 is 0 Å². The summed E-state index contributed by atoms with van der Waals surface area (Å²) < 4.78 is 18.1. The molecule has 2 rings (SSSR count). The Morgan fingerprint density at radius 1 is 1.30 bits per heavy atom. The zero-order chi connectivity index (χ0) is 17.0. The molecule has 10 heteroatoms. The molecule has 2 aromatic rings. The van der Waals surface area contributed by atoms with Gasteiger partial charge in [-0.05, 0) is 18.2 Å². The van der Waals surface area contributed by atoms with Crippen molar-refractivity contribution in [1.29, 1.82) is 0 Å². The van der Waals surface area contributed by atoms with Gasteiger partial charge in [0.1, 0.15) is 11.4 Å². The first kappa shape index (κ1) is 16.4. The summed E-state index contributed by atoms with van der Waals surface area (Å²) in [4.78, 5) is 49.3. The van der Waals surface area contributed by atoms with Gasteiger partial charge in [0.05, 0.1) is 5.69 Å². The number of hydrogen-bond acceptors (Lipinski definition) is 5. The minimum atomic E-state index is -1.12. The van der Waals surface area contributed by atoms with Crippen LogP contribution in [0.3, 0.4) is 0 Å². The zero-order valence-electron chi connectivity index (χ0n) is 11.3. The molecule has 0 aliphatic heterocycles. The van der Waals surface area contributed by atoms with Gasteiger partial charge in [0.2, 0.25) is 0 Å². The highest BCUT2D eigenvalue weighted by molar-refractivity contribution is 6.30. The molecule has 1 aromatic carbocycles. The average molecular weight is 342 g/mol. The topological polar surface area (TPSA) is 121 Å². The molecule has 0 aliphatic rings. The number of hydrogen-bond donors (Lipinski definition) is 3. The van der Waals surface area contributed by atoms with E-state index < -0.39 is 41.1 Å². The number of anilines is 1. The number of amides is 1. The maximum absolute atomic E-state index is 13.5. The van der Waals surface area contributed by atoms with Crippen LogP contribution in [0.1, 0.15) is 10.4 Å². The van der Waals surface area contributed by atoms with E-state index in [9.17, 15) is 23.6 Å². The number of nitrogens with one attached hydrogen (secondary N) is 3. The molecule has 0 saturated heterocycles. The Morgan fingerprint density at radius 2 is 2.04 bits per heavy atom. The number of aromatic nitrogens is 2. The van der Waals surface area contributed by atoms with Crippen LogP contribution in [-0.4, -0.2) is 28.5 Å². The van der Waals surface area contributed by atoms with Gasteiger partial charge < -0.3 is 15.0 Å². The minimum absolute atomic E-state index is 0.141. The summed E-state index contributed by atoms with van der Waals surface area (Å²) in [6.07, 6.45) is 0.861. The van der Waals surface area contributed by atoms with Crippen molar-refractivity contribution < 1.29 is 18.7 Å². The van der Waals surface area contributed by atoms with Crippen LogP contribution in [-0.2, 0) is 9.53 Å². The van der Waals surface area contributed by atoms with Crippen LogP contribution in [0.4, 0.5) is 10.1 Å². The van der Waals surface area contributed by atoms with E-state index in [1.165, 1.54) is 12.1 Å². The maximum atomic E-state index is 13.5. The van der Waals surface area contributed by atoms with Crippen molar-refractivity contribution >= 4 is 29.2 Å². The third-order valence-electron chi connectivity index (χ3n) is 2.58. The fraction of sp³-hybridized carbons (Fsp3) is 0.0769. The molecule has 8 nitrogen and oxygen atoms in total. The first-order chi connectivity index (χ1) is 10.9. The van der Waals surface area contributed by atoms with Crippen LogP contribution >= 0.6 is 11.6 Å². The smallest absolute Gasteiger partial charge is 0.345 e. The van der Waals surface area contributed by atoms with Gasteiger partial charge in [-0.1, -0.05) is 11.6 Å². The third-order valence-corrected chi connectivity index (χ3v) is 2.81. The zero-order valence-corrected chi connectivity index (χ0v) is 12.1. The Hall–Kier alpha value is -2.94. The Bertz CT molecular complexity index is 876. The van der Waals surface area contributed by atoms with Gasteiger partial charge in [0.15, 0.2) is 6.61 Å². The van der Waals surface area contributed by atoms with Gasteiger partial charge in [-0.15, -0.1) is 0 Å². The summed E-state index contributed by atoms with van der Waals surface area (Å²) in [5, 5.41) is 2.33. The lowest BCUT2D eigenvalue weighted by Gasteiger charge is -2.07. The number of aromatic amines is 2. The molecule has 0 aliphatic carbocycles. The van der Waals surface area contributed by atoms with Crippen LogP contribution in [0.5, 0.6) is 0 Å². The van der Waals surface area contributed by atoms with E-state index in [-0.39, 0.29) is 10.7 Å². The number of halogens is 2. The Kier molecular flexibility index (Phi) is 4.91. The molecule has 0 unspecified atom stereocenters. The predicted octanol–water partition coefficient (Wildman–Crippen LogP) is 0.651. The van der Waals surface area contributed by atoms with Gasteiger partial charge in [0, 0.05) is 11.2 Å². The Labute approximate surface area is 132 Å². The highest BCUT2D eigenvalue weighted by Crippen LogP contribution is 2.18. The number of carbonyl (C=O) groups excluding carboxylic acids is 2. The SMILES string of the molecule is O=C(COC(=O)c1c[nH]c(=O)[nH]c1=O)Nc1ccc(Cl)cc1F. The molecule has 0 spiro atoms. The van der Waals surface area contributed by atoms with Crippen LogP contribution in [0.25, 0.3) is 0 Å². The quantitative estimate of drug-likeness (QED) is 0.705. The number of esters is 1. The van der Waals surface area contributed by atoms with Gasteiger partial charge in [-0.3, -0.25) is 14.6 Å². The molecular formula is C13H9ClFN3O5. The van der Waals surface area contributed by atoms with E-state index in [1.807, 2.05) is 4.98 Å². The number of H-pyrrole nitrogens is 2. The van der Waals surface area contributed by atoms with Gasteiger partial charge in [-0.2, -0.15) is 0 Å². The summed E-state index contributed by atoms with van der Waals surface area (Å²) >= 11 is 5.57. The molecule has 0 atom stereocenters. The van der Waals surface area contributed by atoms with E-state index in [0.717, 1.165) is 12.3 Å². The van der Waals surface area contributed by atoms with Crippen molar-refractivity contribution in [3.8, 4) is 0 Å². The molecule has 0 saturated carbocycles. The summed E-state index contributed by atoms with van der Waals surface area (Å²) in [6, 6.07) is 3.61. The van der Waals surface area contributed by atoms with Crippen molar-refractivity contribution in [3.05, 3.63) is 61.6 Å². The first-order valence-corrected chi connectivity index (χ1v) is 6.48. The Morgan fingerprint density at radius 3 is 2.70 bits per heavy atom. The van der Waals surface area contributed by atoms with Crippen molar-refractivity contribution in [3.63, 3.8) is 0 Å². The number of carbonyl (C=O) groups is 2. The normalized spacial score (nSPS) is 10.2. The lowest BCUT2D eigenvalue weighted by Crippen LogP contribution is -2.29. The molecule has 120 valence electrons. The van der Waals surface area contributed by atoms with E-state index in [0.29, 0.717) is 0 Å². The molecule has 23 heavy (non-hydrogen) atoms. The second kappa shape index (κ2) is 6.88. The van der Waals surface area contributed by atoms with E-state index in [4.69, 9.17) is 11.6 Å². The summed E-state index contributed by atoms with van der Waals surface area (Å²) in [6.45, 7) is -0.751. The van der Waals surface area contributed by atoms with Crippen LogP contribution < -0.4 is 16.6 Å². The fourth-order valence-corrected chi connectivity index (χ4v) is 1.71. The second-order valence-electron chi connectivity index (χ2n) is 4.23.